The van der Waals surface area contributed by atoms with Gasteiger partial charge >= 0.3 is 0 Å². The number of sulfone groups is 1. The third-order valence-electron chi connectivity index (χ3n) is 2.70. The van der Waals surface area contributed by atoms with Crippen LogP contribution < -0.4 is 5.73 Å². The predicted molar refractivity (Wildman–Crippen MR) is 59.6 cm³/mol. The highest BCUT2D eigenvalue weighted by atomic mass is 35.5. The Labute approximate surface area is 94.2 Å². The Morgan fingerprint density at radius 2 is 1.93 bits per heavy atom. The largest absolute Gasteiger partial charge is 0.330 e. The highest BCUT2D eigenvalue weighted by molar-refractivity contribution is 7.92. The standard InChI is InChI=1S/C10H12ClNO2S/c11-8-1-3-9(4-2-8)15(13,14)10-5-7(10)6-12/h1-4,7,10H,5-6,12H2/t7-,10+/m0/s1. The molecule has 0 aliphatic heterocycles. The van der Waals surface area contributed by atoms with E-state index in [1.54, 1.807) is 24.3 Å². The van der Waals surface area contributed by atoms with E-state index in [0.717, 1.165) is 0 Å². The zero-order valence-electron chi connectivity index (χ0n) is 8.06. The molecule has 82 valence electrons. The van der Waals surface area contributed by atoms with Crippen LogP contribution in [-0.2, 0) is 9.84 Å². The minimum absolute atomic E-state index is 0.130. The summed E-state index contributed by atoms with van der Waals surface area (Å²) < 4.78 is 24.0. The lowest BCUT2D eigenvalue weighted by molar-refractivity contribution is 0.592. The molecule has 0 aromatic heterocycles. The van der Waals surface area contributed by atoms with Crippen molar-refractivity contribution in [2.24, 2.45) is 11.7 Å². The average Bonchev–Trinajstić information content (AvgIpc) is 2.98. The first kappa shape index (κ1) is 10.9. The van der Waals surface area contributed by atoms with Gasteiger partial charge in [0, 0.05) is 5.02 Å². The molecule has 1 aliphatic carbocycles. The smallest absolute Gasteiger partial charge is 0.181 e. The molecule has 1 aliphatic rings. The predicted octanol–water partition coefficient (Wildman–Crippen LogP) is 1.46. The molecule has 0 heterocycles. The second-order valence-corrected chi connectivity index (χ2v) is 6.37. The van der Waals surface area contributed by atoms with Gasteiger partial charge in [0.25, 0.3) is 0 Å². The summed E-state index contributed by atoms with van der Waals surface area (Å²) >= 11 is 5.70. The topological polar surface area (TPSA) is 60.2 Å². The molecule has 1 aromatic carbocycles. The van der Waals surface area contributed by atoms with E-state index in [4.69, 9.17) is 17.3 Å². The lowest BCUT2D eigenvalue weighted by Crippen LogP contribution is -2.13. The zero-order chi connectivity index (χ0) is 11.1. The van der Waals surface area contributed by atoms with Crippen LogP contribution in [0.1, 0.15) is 6.42 Å². The highest BCUT2D eigenvalue weighted by Crippen LogP contribution is 2.39. The van der Waals surface area contributed by atoms with Crippen molar-refractivity contribution in [1.29, 1.82) is 0 Å². The molecule has 15 heavy (non-hydrogen) atoms. The summed E-state index contributed by atoms with van der Waals surface area (Å²) in [4.78, 5) is 0.341. The van der Waals surface area contributed by atoms with E-state index in [-0.39, 0.29) is 11.2 Å². The minimum Gasteiger partial charge on any atom is -0.330 e. The van der Waals surface area contributed by atoms with Gasteiger partial charge in [-0.3, -0.25) is 0 Å². The Kier molecular flexibility index (Phi) is 2.75. The van der Waals surface area contributed by atoms with Crippen LogP contribution in [0.5, 0.6) is 0 Å². The number of benzene rings is 1. The Morgan fingerprint density at radius 3 is 2.40 bits per heavy atom. The van der Waals surface area contributed by atoms with Crippen LogP contribution in [0.25, 0.3) is 0 Å². The normalized spacial score (nSPS) is 25.2. The number of halogens is 1. The second-order valence-electron chi connectivity index (χ2n) is 3.77. The fourth-order valence-corrected chi connectivity index (χ4v) is 3.76. The number of hydrogen-bond acceptors (Lipinski definition) is 3. The van der Waals surface area contributed by atoms with Gasteiger partial charge in [-0.05, 0) is 43.1 Å². The van der Waals surface area contributed by atoms with Crippen LogP contribution in [0, 0.1) is 5.92 Å². The number of hydrogen-bond donors (Lipinski definition) is 1. The van der Waals surface area contributed by atoms with E-state index in [9.17, 15) is 8.42 Å². The lowest BCUT2D eigenvalue weighted by Gasteiger charge is -2.03. The molecule has 0 unspecified atom stereocenters. The van der Waals surface area contributed by atoms with Crippen molar-refractivity contribution < 1.29 is 8.42 Å². The molecule has 5 heteroatoms. The molecule has 0 saturated heterocycles. The summed E-state index contributed by atoms with van der Waals surface area (Å²) in [6.07, 6.45) is 0.682. The summed E-state index contributed by atoms with van der Waals surface area (Å²) in [7, 11) is -3.18. The summed E-state index contributed by atoms with van der Waals surface area (Å²) in [6, 6.07) is 6.27. The molecule has 2 atom stereocenters. The van der Waals surface area contributed by atoms with E-state index in [1.165, 1.54) is 0 Å². The highest BCUT2D eigenvalue weighted by Gasteiger charge is 2.46. The molecule has 0 spiro atoms. The van der Waals surface area contributed by atoms with Crippen molar-refractivity contribution in [3.05, 3.63) is 29.3 Å². The van der Waals surface area contributed by atoms with Crippen molar-refractivity contribution in [3.8, 4) is 0 Å². The van der Waals surface area contributed by atoms with E-state index < -0.39 is 9.84 Å². The molecule has 1 fully saturated rings. The summed E-state index contributed by atoms with van der Waals surface area (Å²) in [6.45, 7) is 0.442. The fourth-order valence-electron chi connectivity index (χ4n) is 1.65. The molecule has 3 nitrogen and oxygen atoms in total. The third-order valence-corrected chi connectivity index (χ3v) is 5.26. The van der Waals surface area contributed by atoms with Crippen LogP contribution in [0.3, 0.4) is 0 Å². The van der Waals surface area contributed by atoms with Gasteiger partial charge in [-0.1, -0.05) is 11.6 Å². The first-order valence-electron chi connectivity index (χ1n) is 4.75. The van der Waals surface area contributed by atoms with Crippen molar-refractivity contribution in [3.63, 3.8) is 0 Å². The van der Waals surface area contributed by atoms with E-state index in [2.05, 4.69) is 0 Å². The van der Waals surface area contributed by atoms with E-state index in [0.29, 0.717) is 22.9 Å². The van der Waals surface area contributed by atoms with Crippen molar-refractivity contribution in [1.82, 2.24) is 0 Å². The quantitative estimate of drug-likeness (QED) is 0.877. The fraction of sp³-hybridized carbons (Fsp3) is 0.400. The summed E-state index contributed by atoms with van der Waals surface area (Å²) in [5.74, 6) is 0.130. The van der Waals surface area contributed by atoms with E-state index >= 15 is 0 Å². The second kappa shape index (κ2) is 3.77. The van der Waals surface area contributed by atoms with Gasteiger partial charge in [-0.2, -0.15) is 0 Å². The summed E-state index contributed by atoms with van der Waals surface area (Å²) in [5.41, 5.74) is 5.44. The maximum Gasteiger partial charge on any atom is 0.181 e. The van der Waals surface area contributed by atoms with Crippen LogP contribution in [0.4, 0.5) is 0 Å². The molecule has 0 bridgehead atoms. The third kappa shape index (κ3) is 2.02. The van der Waals surface area contributed by atoms with Gasteiger partial charge < -0.3 is 5.73 Å². The molecular formula is C10H12ClNO2S. The Bertz CT molecular complexity index is 455. The van der Waals surface area contributed by atoms with Gasteiger partial charge in [0.1, 0.15) is 0 Å². The first-order chi connectivity index (χ1) is 7.05. The number of nitrogens with two attached hydrogens (primary N) is 1. The van der Waals surface area contributed by atoms with Gasteiger partial charge in [-0.15, -0.1) is 0 Å². The monoisotopic (exact) mass is 245 g/mol. The van der Waals surface area contributed by atoms with Gasteiger partial charge in [0.05, 0.1) is 10.1 Å². The van der Waals surface area contributed by atoms with Crippen molar-refractivity contribution in [2.75, 3.05) is 6.54 Å². The molecule has 0 amide bonds. The van der Waals surface area contributed by atoms with Crippen LogP contribution >= 0.6 is 11.6 Å². The maximum absolute atomic E-state index is 12.0. The molecule has 0 radical (unpaired) electrons. The average molecular weight is 246 g/mol. The van der Waals surface area contributed by atoms with Crippen LogP contribution in [0.15, 0.2) is 29.2 Å². The lowest BCUT2D eigenvalue weighted by atomic mass is 10.4. The molecule has 1 saturated carbocycles. The van der Waals surface area contributed by atoms with Crippen molar-refractivity contribution >= 4 is 21.4 Å². The van der Waals surface area contributed by atoms with Gasteiger partial charge in [-0.25, -0.2) is 8.42 Å². The SMILES string of the molecule is NC[C@@H]1C[C@H]1S(=O)(=O)c1ccc(Cl)cc1. The Hall–Kier alpha value is -0.580. The Morgan fingerprint density at radius 1 is 1.33 bits per heavy atom. The van der Waals surface area contributed by atoms with Gasteiger partial charge in [0.15, 0.2) is 9.84 Å². The Balaban J connectivity index is 2.27. The van der Waals surface area contributed by atoms with Crippen LogP contribution in [0.2, 0.25) is 5.02 Å². The zero-order valence-corrected chi connectivity index (χ0v) is 9.63. The number of rotatable bonds is 3. The molecule has 2 rings (SSSR count). The molecular weight excluding hydrogens is 234 g/mol. The van der Waals surface area contributed by atoms with Gasteiger partial charge in [0.2, 0.25) is 0 Å². The summed E-state index contributed by atoms with van der Waals surface area (Å²) in [5, 5.41) is 0.254. The van der Waals surface area contributed by atoms with E-state index in [1.807, 2.05) is 0 Å². The molecule has 2 N–H and O–H groups in total. The molecule has 1 aromatic rings. The van der Waals surface area contributed by atoms with Crippen molar-refractivity contribution in [2.45, 2.75) is 16.6 Å². The minimum atomic E-state index is -3.18. The van der Waals surface area contributed by atoms with Crippen LogP contribution in [-0.4, -0.2) is 20.2 Å². The first-order valence-corrected chi connectivity index (χ1v) is 6.67. The maximum atomic E-state index is 12.0.